The molecule has 0 spiro atoms. The minimum Gasteiger partial charge on any atom is -0.389 e. The highest BCUT2D eigenvalue weighted by Gasteiger charge is 2.18. The van der Waals surface area contributed by atoms with Gasteiger partial charge >= 0.3 is 0 Å². The molecule has 0 aliphatic carbocycles. The molecule has 1 heterocycles. The first kappa shape index (κ1) is 17.6. The second-order valence-electron chi connectivity index (χ2n) is 6.61. The van der Waals surface area contributed by atoms with E-state index in [9.17, 15) is 5.11 Å². The average Bonchev–Trinajstić information content (AvgIpc) is 2.70. The van der Waals surface area contributed by atoms with Crippen LogP contribution in [-0.2, 0) is 11.3 Å². The van der Waals surface area contributed by atoms with Gasteiger partial charge in [-0.25, -0.2) is 0 Å². The minimum atomic E-state index is -0.447. The van der Waals surface area contributed by atoms with Gasteiger partial charge in [-0.1, -0.05) is 0 Å². The molecule has 0 bridgehead atoms. The number of nitrogens with zero attached hydrogens (tertiary/aromatic N) is 1. The van der Waals surface area contributed by atoms with E-state index in [-0.39, 0.29) is 5.60 Å². The first-order chi connectivity index (χ1) is 9.17. The van der Waals surface area contributed by atoms with E-state index in [1.807, 2.05) is 32.1 Å². The number of thiophene rings is 1. The SMILES string of the molecule is Cc1ccc(CN(CC(O)COC(C)(C)C)C(C)C)s1. The fraction of sp³-hybridized carbons (Fsp3) is 0.750. The Morgan fingerprint density at radius 2 is 1.95 bits per heavy atom. The van der Waals surface area contributed by atoms with Gasteiger partial charge in [-0.05, 0) is 53.7 Å². The van der Waals surface area contributed by atoms with Crippen molar-refractivity contribution >= 4 is 11.3 Å². The average molecular weight is 299 g/mol. The van der Waals surface area contributed by atoms with Gasteiger partial charge in [0, 0.05) is 28.9 Å². The summed E-state index contributed by atoms with van der Waals surface area (Å²) in [4.78, 5) is 4.97. The zero-order valence-electron chi connectivity index (χ0n) is 13.6. The lowest BCUT2D eigenvalue weighted by Crippen LogP contribution is -2.39. The lowest BCUT2D eigenvalue weighted by atomic mass is 10.2. The van der Waals surface area contributed by atoms with E-state index in [2.05, 4.69) is 37.8 Å². The van der Waals surface area contributed by atoms with Gasteiger partial charge in [-0.2, -0.15) is 0 Å². The van der Waals surface area contributed by atoms with Gasteiger partial charge in [0.1, 0.15) is 0 Å². The number of aliphatic hydroxyl groups is 1. The zero-order chi connectivity index (χ0) is 15.3. The smallest absolute Gasteiger partial charge is 0.0900 e. The van der Waals surface area contributed by atoms with Crippen molar-refractivity contribution in [3.8, 4) is 0 Å². The van der Waals surface area contributed by atoms with E-state index in [0.29, 0.717) is 19.2 Å². The number of hydrogen-bond acceptors (Lipinski definition) is 4. The molecule has 1 aromatic rings. The quantitative estimate of drug-likeness (QED) is 0.837. The fourth-order valence-electron chi connectivity index (χ4n) is 1.90. The molecule has 0 radical (unpaired) electrons. The van der Waals surface area contributed by atoms with Crippen molar-refractivity contribution in [2.24, 2.45) is 0 Å². The summed E-state index contributed by atoms with van der Waals surface area (Å²) in [5, 5.41) is 10.2. The maximum Gasteiger partial charge on any atom is 0.0900 e. The predicted octanol–water partition coefficient (Wildman–Crippen LogP) is 3.44. The Balaban J connectivity index is 2.50. The van der Waals surface area contributed by atoms with Gasteiger partial charge in [0.2, 0.25) is 0 Å². The molecule has 116 valence electrons. The third-order valence-corrected chi connectivity index (χ3v) is 4.02. The van der Waals surface area contributed by atoms with E-state index in [1.165, 1.54) is 9.75 Å². The van der Waals surface area contributed by atoms with Crippen LogP contribution in [0.4, 0.5) is 0 Å². The molecule has 20 heavy (non-hydrogen) atoms. The maximum atomic E-state index is 10.2. The highest BCUT2D eigenvalue weighted by Crippen LogP contribution is 2.18. The van der Waals surface area contributed by atoms with E-state index in [1.54, 1.807) is 0 Å². The third kappa shape index (κ3) is 6.84. The van der Waals surface area contributed by atoms with Crippen molar-refractivity contribution in [3.05, 3.63) is 21.9 Å². The van der Waals surface area contributed by atoms with Crippen LogP contribution in [0.1, 0.15) is 44.4 Å². The van der Waals surface area contributed by atoms with E-state index >= 15 is 0 Å². The predicted molar refractivity (Wildman–Crippen MR) is 86.3 cm³/mol. The number of ether oxygens (including phenoxy) is 1. The van der Waals surface area contributed by atoms with Crippen LogP contribution < -0.4 is 0 Å². The molecular formula is C16H29NO2S. The molecule has 1 N–H and O–H groups in total. The topological polar surface area (TPSA) is 32.7 Å². The summed E-state index contributed by atoms with van der Waals surface area (Å²) in [6.45, 7) is 14.4. The summed E-state index contributed by atoms with van der Waals surface area (Å²) >= 11 is 1.82. The number of aliphatic hydroxyl groups excluding tert-OH is 1. The third-order valence-electron chi connectivity index (χ3n) is 3.04. The zero-order valence-corrected chi connectivity index (χ0v) is 14.5. The molecule has 0 saturated heterocycles. The number of aryl methyl sites for hydroxylation is 1. The molecule has 0 amide bonds. The molecule has 0 aliphatic rings. The molecule has 3 nitrogen and oxygen atoms in total. The van der Waals surface area contributed by atoms with Gasteiger partial charge in [-0.3, -0.25) is 4.90 Å². The monoisotopic (exact) mass is 299 g/mol. The van der Waals surface area contributed by atoms with Gasteiger partial charge in [0.15, 0.2) is 0 Å². The van der Waals surface area contributed by atoms with E-state index in [0.717, 1.165) is 6.54 Å². The summed E-state index contributed by atoms with van der Waals surface area (Å²) in [5.41, 5.74) is -0.200. The van der Waals surface area contributed by atoms with Gasteiger partial charge in [0.05, 0.1) is 18.3 Å². The van der Waals surface area contributed by atoms with Crippen LogP contribution in [0.2, 0.25) is 0 Å². The van der Waals surface area contributed by atoms with Gasteiger partial charge in [0.25, 0.3) is 0 Å². The normalized spacial score (nSPS) is 14.2. The fourth-order valence-corrected chi connectivity index (χ4v) is 2.81. The number of hydrogen-bond donors (Lipinski definition) is 1. The highest BCUT2D eigenvalue weighted by molar-refractivity contribution is 7.11. The highest BCUT2D eigenvalue weighted by atomic mass is 32.1. The lowest BCUT2D eigenvalue weighted by Gasteiger charge is -2.29. The van der Waals surface area contributed by atoms with Crippen LogP contribution in [0, 0.1) is 6.92 Å². The molecule has 1 unspecified atom stereocenters. The Bertz CT molecular complexity index is 395. The largest absolute Gasteiger partial charge is 0.389 e. The van der Waals surface area contributed by atoms with Crippen molar-refractivity contribution in [1.82, 2.24) is 4.90 Å². The molecule has 1 aromatic heterocycles. The number of rotatable bonds is 7. The first-order valence-corrected chi connectivity index (χ1v) is 8.10. The van der Waals surface area contributed by atoms with Crippen LogP contribution in [-0.4, -0.2) is 40.9 Å². The van der Waals surface area contributed by atoms with Crippen LogP contribution in [0.25, 0.3) is 0 Å². The molecule has 0 aliphatic heterocycles. The van der Waals surface area contributed by atoms with Crippen molar-refractivity contribution in [2.45, 2.75) is 65.8 Å². The molecule has 0 aromatic carbocycles. The van der Waals surface area contributed by atoms with Crippen molar-refractivity contribution in [2.75, 3.05) is 13.2 Å². The van der Waals surface area contributed by atoms with E-state index in [4.69, 9.17) is 4.74 Å². The van der Waals surface area contributed by atoms with Crippen LogP contribution in [0.3, 0.4) is 0 Å². The minimum absolute atomic E-state index is 0.200. The molecule has 1 atom stereocenters. The van der Waals surface area contributed by atoms with Crippen LogP contribution in [0.15, 0.2) is 12.1 Å². The Hall–Kier alpha value is -0.420. The molecule has 1 rings (SSSR count). The summed E-state index contributed by atoms with van der Waals surface area (Å²) in [6.07, 6.45) is -0.447. The molecule has 0 saturated carbocycles. The Morgan fingerprint density at radius 3 is 2.40 bits per heavy atom. The summed E-state index contributed by atoms with van der Waals surface area (Å²) in [5.74, 6) is 0. The Labute approximate surface area is 127 Å². The second-order valence-corrected chi connectivity index (χ2v) is 7.99. The Kier molecular flexibility index (Phi) is 6.65. The first-order valence-electron chi connectivity index (χ1n) is 7.29. The van der Waals surface area contributed by atoms with Crippen LogP contribution in [0.5, 0.6) is 0 Å². The summed E-state index contributed by atoms with van der Waals surface area (Å²) in [6, 6.07) is 4.73. The van der Waals surface area contributed by atoms with Gasteiger partial charge < -0.3 is 9.84 Å². The summed E-state index contributed by atoms with van der Waals surface area (Å²) in [7, 11) is 0. The molecule has 4 heteroatoms. The standard InChI is InChI=1S/C16H29NO2S/c1-12(2)17(10-15-8-7-13(3)20-15)9-14(18)11-19-16(4,5)6/h7-8,12,14,18H,9-11H2,1-6H3. The second kappa shape index (κ2) is 7.55. The van der Waals surface area contributed by atoms with Gasteiger partial charge in [-0.15, -0.1) is 11.3 Å². The van der Waals surface area contributed by atoms with Crippen LogP contribution >= 0.6 is 11.3 Å². The summed E-state index contributed by atoms with van der Waals surface area (Å²) < 4.78 is 5.65. The molecule has 0 fully saturated rings. The molecular weight excluding hydrogens is 270 g/mol. The van der Waals surface area contributed by atoms with Crippen molar-refractivity contribution < 1.29 is 9.84 Å². The van der Waals surface area contributed by atoms with E-state index < -0.39 is 6.10 Å². The maximum absolute atomic E-state index is 10.2. The van der Waals surface area contributed by atoms with Crippen molar-refractivity contribution in [3.63, 3.8) is 0 Å². The van der Waals surface area contributed by atoms with Crippen molar-refractivity contribution in [1.29, 1.82) is 0 Å². The Morgan fingerprint density at radius 1 is 1.30 bits per heavy atom. The lowest BCUT2D eigenvalue weighted by molar-refractivity contribution is -0.0586.